The SMILES string of the molecule is CC1=NN(c2ccc(Br)cc2)C(=O)/C1=C\c1ccc(-c2ccccc2)cc1. The number of hydrogen-bond donors (Lipinski definition) is 0. The van der Waals surface area contributed by atoms with Gasteiger partial charge in [0.05, 0.1) is 17.0 Å². The summed E-state index contributed by atoms with van der Waals surface area (Å²) in [7, 11) is 0. The molecule has 0 aromatic heterocycles. The van der Waals surface area contributed by atoms with Crippen molar-refractivity contribution < 1.29 is 4.79 Å². The van der Waals surface area contributed by atoms with Crippen molar-refractivity contribution in [3.8, 4) is 11.1 Å². The molecule has 0 N–H and O–H groups in total. The smallest absolute Gasteiger partial charge is 0.267 e. The van der Waals surface area contributed by atoms with Gasteiger partial charge in [-0.2, -0.15) is 10.1 Å². The molecule has 0 aliphatic carbocycles. The minimum atomic E-state index is -0.109. The van der Waals surface area contributed by atoms with E-state index in [9.17, 15) is 4.79 Å². The quantitative estimate of drug-likeness (QED) is 0.487. The summed E-state index contributed by atoms with van der Waals surface area (Å²) in [6.45, 7) is 1.86. The topological polar surface area (TPSA) is 32.7 Å². The standard InChI is InChI=1S/C23H17BrN2O/c1-16-22(23(27)26(25-16)21-13-11-20(24)12-14-21)15-17-7-9-19(10-8-17)18-5-3-2-4-6-18/h2-15H,1H3/b22-15-. The number of rotatable bonds is 3. The van der Waals surface area contributed by atoms with Crippen molar-refractivity contribution in [3.05, 3.63) is 94.5 Å². The van der Waals surface area contributed by atoms with Gasteiger partial charge < -0.3 is 0 Å². The highest BCUT2D eigenvalue weighted by Gasteiger charge is 2.28. The van der Waals surface area contributed by atoms with E-state index in [-0.39, 0.29) is 5.91 Å². The van der Waals surface area contributed by atoms with E-state index in [1.807, 2.05) is 67.6 Å². The number of halogens is 1. The Bertz CT molecular complexity index is 1040. The molecule has 1 amide bonds. The van der Waals surface area contributed by atoms with Crippen LogP contribution in [0.5, 0.6) is 0 Å². The average molecular weight is 417 g/mol. The van der Waals surface area contributed by atoms with Crippen LogP contribution in [0, 0.1) is 0 Å². The summed E-state index contributed by atoms with van der Waals surface area (Å²) in [4.78, 5) is 12.8. The summed E-state index contributed by atoms with van der Waals surface area (Å²) in [6.07, 6.45) is 1.90. The zero-order valence-electron chi connectivity index (χ0n) is 14.8. The summed E-state index contributed by atoms with van der Waals surface area (Å²) in [5, 5.41) is 5.88. The number of benzene rings is 3. The van der Waals surface area contributed by atoms with Crippen LogP contribution in [0.4, 0.5) is 5.69 Å². The van der Waals surface area contributed by atoms with Crippen molar-refractivity contribution in [1.82, 2.24) is 0 Å². The Morgan fingerprint density at radius 3 is 2.15 bits per heavy atom. The van der Waals surface area contributed by atoms with Crippen LogP contribution in [0.3, 0.4) is 0 Å². The molecule has 1 heterocycles. The molecule has 4 rings (SSSR count). The van der Waals surface area contributed by atoms with Crippen molar-refractivity contribution in [2.24, 2.45) is 5.10 Å². The van der Waals surface area contributed by atoms with E-state index in [2.05, 4.69) is 45.3 Å². The molecule has 3 aromatic carbocycles. The Morgan fingerprint density at radius 1 is 0.852 bits per heavy atom. The van der Waals surface area contributed by atoms with Gasteiger partial charge in [0.2, 0.25) is 0 Å². The number of carbonyl (C=O) groups excluding carboxylic acids is 1. The molecule has 27 heavy (non-hydrogen) atoms. The summed E-state index contributed by atoms with van der Waals surface area (Å²) in [6, 6.07) is 26.0. The van der Waals surface area contributed by atoms with Gasteiger partial charge in [0.15, 0.2) is 0 Å². The highest BCUT2D eigenvalue weighted by Crippen LogP contribution is 2.27. The first-order valence-corrected chi connectivity index (χ1v) is 9.44. The molecule has 0 saturated carbocycles. The number of anilines is 1. The van der Waals surface area contributed by atoms with Gasteiger partial charge in [-0.3, -0.25) is 4.79 Å². The van der Waals surface area contributed by atoms with Gasteiger partial charge in [0.1, 0.15) is 0 Å². The van der Waals surface area contributed by atoms with Gasteiger partial charge >= 0.3 is 0 Å². The molecule has 0 radical (unpaired) electrons. The minimum Gasteiger partial charge on any atom is -0.267 e. The lowest BCUT2D eigenvalue weighted by molar-refractivity contribution is -0.114. The van der Waals surface area contributed by atoms with Crippen LogP contribution < -0.4 is 5.01 Å². The molecule has 0 fully saturated rings. The first-order valence-electron chi connectivity index (χ1n) is 8.64. The van der Waals surface area contributed by atoms with Gasteiger partial charge in [0.25, 0.3) is 5.91 Å². The second-order valence-corrected chi connectivity index (χ2v) is 7.24. The number of carbonyl (C=O) groups is 1. The van der Waals surface area contributed by atoms with Crippen molar-refractivity contribution >= 4 is 39.3 Å². The number of amides is 1. The van der Waals surface area contributed by atoms with Crippen molar-refractivity contribution in [1.29, 1.82) is 0 Å². The van der Waals surface area contributed by atoms with Crippen LogP contribution in [-0.2, 0) is 4.79 Å². The van der Waals surface area contributed by atoms with Crippen LogP contribution in [-0.4, -0.2) is 11.6 Å². The monoisotopic (exact) mass is 416 g/mol. The lowest BCUT2D eigenvalue weighted by Gasteiger charge is -2.11. The van der Waals surface area contributed by atoms with E-state index in [1.54, 1.807) is 0 Å². The zero-order valence-corrected chi connectivity index (χ0v) is 16.3. The van der Waals surface area contributed by atoms with Gasteiger partial charge in [-0.05, 0) is 54.0 Å². The molecule has 1 aliphatic rings. The third kappa shape index (κ3) is 3.62. The van der Waals surface area contributed by atoms with Crippen LogP contribution in [0.1, 0.15) is 12.5 Å². The molecule has 0 saturated heterocycles. The van der Waals surface area contributed by atoms with E-state index in [1.165, 1.54) is 10.6 Å². The highest BCUT2D eigenvalue weighted by atomic mass is 79.9. The van der Waals surface area contributed by atoms with Crippen LogP contribution >= 0.6 is 15.9 Å². The number of hydrazone groups is 1. The molecule has 0 bridgehead atoms. The van der Waals surface area contributed by atoms with Crippen molar-refractivity contribution in [2.45, 2.75) is 6.92 Å². The van der Waals surface area contributed by atoms with Gasteiger partial charge in [-0.1, -0.05) is 70.5 Å². The Morgan fingerprint density at radius 2 is 1.48 bits per heavy atom. The Balaban J connectivity index is 1.60. The summed E-state index contributed by atoms with van der Waals surface area (Å²) in [5.74, 6) is -0.109. The van der Waals surface area contributed by atoms with E-state index >= 15 is 0 Å². The molecule has 0 unspecified atom stereocenters. The maximum Gasteiger partial charge on any atom is 0.280 e. The lowest BCUT2D eigenvalue weighted by Crippen LogP contribution is -2.21. The molecule has 1 aliphatic heterocycles. The van der Waals surface area contributed by atoms with Crippen LogP contribution in [0.25, 0.3) is 17.2 Å². The Labute approximate surface area is 166 Å². The second kappa shape index (κ2) is 7.33. The molecule has 3 aromatic rings. The third-order valence-corrected chi connectivity index (χ3v) is 4.99. The fraction of sp³-hybridized carbons (Fsp3) is 0.0435. The molecule has 132 valence electrons. The molecule has 0 atom stereocenters. The Kier molecular flexibility index (Phi) is 4.73. The van der Waals surface area contributed by atoms with Crippen LogP contribution in [0.2, 0.25) is 0 Å². The van der Waals surface area contributed by atoms with Crippen LogP contribution in [0.15, 0.2) is 94.0 Å². The van der Waals surface area contributed by atoms with E-state index in [0.717, 1.165) is 27.0 Å². The minimum absolute atomic E-state index is 0.109. The highest BCUT2D eigenvalue weighted by molar-refractivity contribution is 9.10. The number of hydrogen-bond acceptors (Lipinski definition) is 2. The first kappa shape index (κ1) is 17.4. The molecular weight excluding hydrogens is 400 g/mol. The second-order valence-electron chi connectivity index (χ2n) is 6.32. The van der Waals surface area contributed by atoms with Crippen molar-refractivity contribution in [3.63, 3.8) is 0 Å². The first-order chi connectivity index (χ1) is 13.1. The van der Waals surface area contributed by atoms with Gasteiger partial charge in [-0.15, -0.1) is 0 Å². The average Bonchev–Trinajstić information content (AvgIpc) is 2.98. The lowest BCUT2D eigenvalue weighted by atomic mass is 10.0. The zero-order chi connectivity index (χ0) is 18.8. The largest absolute Gasteiger partial charge is 0.280 e. The summed E-state index contributed by atoms with van der Waals surface area (Å²) < 4.78 is 0.966. The predicted octanol–water partition coefficient (Wildman–Crippen LogP) is 5.92. The maximum absolute atomic E-state index is 12.8. The van der Waals surface area contributed by atoms with Gasteiger partial charge in [-0.25, -0.2) is 0 Å². The Hall–Kier alpha value is -2.98. The predicted molar refractivity (Wildman–Crippen MR) is 115 cm³/mol. The normalized spacial score (nSPS) is 15.3. The van der Waals surface area contributed by atoms with E-state index in [0.29, 0.717) is 5.57 Å². The van der Waals surface area contributed by atoms with Gasteiger partial charge in [0, 0.05) is 4.47 Å². The molecule has 4 heteroatoms. The molecular formula is C23H17BrN2O. The fourth-order valence-electron chi connectivity index (χ4n) is 3.01. The summed E-state index contributed by atoms with van der Waals surface area (Å²) in [5.41, 5.74) is 5.39. The fourth-order valence-corrected chi connectivity index (χ4v) is 3.27. The van der Waals surface area contributed by atoms with Crippen molar-refractivity contribution in [2.75, 3.05) is 5.01 Å². The molecule has 3 nitrogen and oxygen atoms in total. The maximum atomic E-state index is 12.8. The third-order valence-electron chi connectivity index (χ3n) is 4.46. The van der Waals surface area contributed by atoms with E-state index < -0.39 is 0 Å². The molecule has 0 spiro atoms. The number of nitrogens with zero attached hydrogens (tertiary/aromatic N) is 2. The van der Waals surface area contributed by atoms with E-state index in [4.69, 9.17) is 0 Å². The summed E-state index contributed by atoms with van der Waals surface area (Å²) >= 11 is 3.41.